The summed E-state index contributed by atoms with van der Waals surface area (Å²) in [7, 11) is 0. The molecule has 4 heterocycles. The number of ether oxygens (including phenoxy) is 1. The summed E-state index contributed by atoms with van der Waals surface area (Å²) < 4.78 is 4.76. The van der Waals surface area contributed by atoms with Crippen LogP contribution in [0.2, 0.25) is 0 Å². The molecule has 0 saturated carbocycles. The molecule has 0 aromatic carbocycles. The molecule has 28 heavy (non-hydrogen) atoms. The van der Waals surface area contributed by atoms with Gasteiger partial charge in [-0.2, -0.15) is 0 Å². The Balaban J connectivity index is 1.37. The van der Waals surface area contributed by atoms with Crippen molar-refractivity contribution in [3.63, 3.8) is 0 Å². The number of piperazine rings is 1. The first-order valence-corrected chi connectivity index (χ1v) is 9.26. The molecular formula is C19H22N6O3. The Labute approximate surface area is 162 Å². The molecule has 0 aliphatic carbocycles. The van der Waals surface area contributed by atoms with E-state index in [4.69, 9.17) is 4.74 Å². The number of carbonyl (C=O) groups is 2. The van der Waals surface area contributed by atoms with Gasteiger partial charge in [-0.3, -0.25) is 4.79 Å². The van der Waals surface area contributed by atoms with Gasteiger partial charge in [0.05, 0.1) is 0 Å². The molecule has 0 bridgehead atoms. The molecule has 2 aromatic heterocycles. The van der Waals surface area contributed by atoms with Crippen LogP contribution in [0.4, 0.5) is 16.4 Å². The first-order valence-electron chi connectivity index (χ1n) is 9.26. The van der Waals surface area contributed by atoms with Crippen LogP contribution in [0.15, 0.2) is 42.7 Å². The average molecular weight is 382 g/mol. The average Bonchev–Trinajstić information content (AvgIpc) is 3.19. The van der Waals surface area contributed by atoms with E-state index in [1.54, 1.807) is 12.4 Å². The van der Waals surface area contributed by atoms with Crippen LogP contribution in [0, 0.1) is 0 Å². The van der Waals surface area contributed by atoms with Crippen molar-refractivity contribution in [3.8, 4) is 0 Å². The lowest BCUT2D eigenvalue weighted by Crippen LogP contribution is -2.47. The highest BCUT2D eigenvalue weighted by molar-refractivity contribution is 5.87. The quantitative estimate of drug-likeness (QED) is 0.778. The van der Waals surface area contributed by atoms with Crippen LogP contribution in [0.3, 0.4) is 0 Å². The van der Waals surface area contributed by atoms with Crippen LogP contribution in [0.1, 0.15) is 5.56 Å². The molecule has 0 unspecified atom stereocenters. The summed E-state index contributed by atoms with van der Waals surface area (Å²) in [6.07, 6.45) is 3.00. The van der Waals surface area contributed by atoms with Crippen LogP contribution >= 0.6 is 0 Å². The fourth-order valence-electron chi connectivity index (χ4n) is 3.37. The Hall–Kier alpha value is -3.36. The highest BCUT2D eigenvalue weighted by Crippen LogP contribution is 2.21. The third kappa shape index (κ3) is 3.98. The van der Waals surface area contributed by atoms with Gasteiger partial charge in [0.25, 0.3) is 0 Å². The summed E-state index contributed by atoms with van der Waals surface area (Å²) in [6.45, 7) is 3.74. The number of anilines is 2. The van der Waals surface area contributed by atoms with Crippen LogP contribution in [0.25, 0.3) is 0 Å². The van der Waals surface area contributed by atoms with Crippen molar-refractivity contribution in [2.24, 2.45) is 0 Å². The monoisotopic (exact) mass is 382 g/mol. The van der Waals surface area contributed by atoms with Crippen LogP contribution in [-0.2, 0) is 16.1 Å². The molecule has 0 spiro atoms. The van der Waals surface area contributed by atoms with Gasteiger partial charge in [-0.15, -0.1) is 0 Å². The number of nitrogens with zero attached hydrogens (tertiary/aromatic N) is 4. The molecule has 2 aliphatic rings. The zero-order valence-electron chi connectivity index (χ0n) is 15.4. The van der Waals surface area contributed by atoms with E-state index in [1.807, 2.05) is 30.3 Å². The lowest BCUT2D eigenvalue weighted by Gasteiger charge is -2.36. The standard InChI is InChI=1S/C19H22N6O3/c26-18(15-13-28-19(27)23-15)22-12-14-4-3-7-21-17(14)25-10-8-24(9-11-25)16-5-1-2-6-20-16/h1-7,15H,8-13H2,(H,22,26)(H,23,27)/t15-/m1/s1. The zero-order valence-corrected chi connectivity index (χ0v) is 15.4. The molecule has 2 fully saturated rings. The van der Waals surface area contributed by atoms with Gasteiger partial charge in [0.2, 0.25) is 5.91 Å². The molecule has 4 rings (SSSR count). The van der Waals surface area contributed by atoms with Crippen molar-refractivity contribution in [3.05, 3.63) is 48.3 Å². The lowest BCUT2D eigenvalue weighted by atomic mass is 10.2. The maximum absolute atomic E-state index is 12.2. The zero-order chi connectivity index (χ0) is 19.3. The number of pyridine rings is 2. The summed E-state index contributed by atoms with van der Waals surface area (Å²) in [5, 5.41) is 5.33. The fourth-order valence-corrected chi connectivity index (χ4v) is 3.37. The number of alkyl carbamates (subject to hydrolysis) is 1. The Morgan fingerprint density at radius 1 is 1.11 bits per heavy atom. The number of amides is 2. The number of aromatic nitrogens is 2. The molecular weight excluding hydrogens is 360 g/mol. The third-order valence-corrected chi connectivity index (χ3v) is 4.86. The second-order valence-corrected chi connectivity index (χ2v) is 6.66. The van der Waals surface area contributed by atoms with Crippen LogP contribution in [0.5, 0.6) is 0 Å². The van der Waals surface area contributed by atoms with Gasteiger partial charge in [0.1, 0.15) is 24.3 Å². The topological polar surface area (TPSA) is 99.7 Å². The second kappa shape index (κ2) is 8.12. The van der Waals surface area contributed by atoms with Crippen molar-refractivity contribution in [1.29, 1.82) is 0 Å². The Morgan fingerprint density at radius 3 is 2.61 bits per heavy atom. The molecule has 9 nitrogen and oxygen atoms in total. The highest BCUT2D eigenvalue weighted by atomic mass is 16.6. The maximum Gasteiger partial charge on any atom is 0.407 e. The molecule has 2 saturated heterocycles. The number of rotatable bonds is 5. The molecule has 2 amide bonds. The van der Waals surface area contributed by atoms with Crippen molar-refractivity contribution < 1.29 is 14.3 Å². The minimum Gasteiger partial charge on any atom is -0.447 e. The van der Waals surface area contributed by atoms with Crippen molar-refractivity contribution in [2.45, 2.75) is 12.6 Å². The lowest BCUT2D eigenvalue weighted by molar-refractivity contribution is -0.122. The number of hydrogen-bond acceptors (Lipinski definition) is 7. The Bertz CT molecular complexity index is 839. The first kappa shape index (κ1) is 18.0. The minimum atomic E-state index is -0.644. The fraction of sp³-hybridized carbons (Fsp3) is 0.368. The molecule has 1 atom stereocenters. The third-order valence-electron chi connectivity index (χ3n) is 4.86. The number of hydrogen-bond donors (Lipinski definition) is 2. The Morgan fingerprint density at radius 2 is 1.89 bits per heavy atom. The van der Waals surface area contributed by atoms with E-state index in [1.165, 1.54) is 0 Å². The van der Waals surface area contributed by atoms with E-state index < -0.39 is 12.1 Å². The molecule has 9 heteroatoms. The molecule has 2 aromatic rings. The van der Waals surface area contributed by atoms with Gasteiger partial charge in [-0.05, 0) is 18.2 Å². The van der Waals surface area contributed by atoms with E-state index in [2.05, 4.69) is 30.4 Å². The van der Waals surface area contributed by atoms with Gasteiger partial charge in [0, 0.05) is 50.7 Å². The number of cyclic esters (lactones) is 1. The van der Waals surface area contributed by atoms with E-state index in [0.29, 0.717) is 6.54 Å². The van der Waals surface area contributed by atoms with Crippen molar-refractivity contribution >= 4 is 23.6 Å². The summed E-state index contributed by atoms with van der Waals surface area (Å²) in [4.78, 5) is 36.7. The van der Waals surface area contributed by atoms with Gasteiger partial charge < -0.3 is 25.2 Å². The SMILES string of the molecule is O=C1N[C@@H](C(=O)NCc2cccnc2N2CCN(c3ccccn3)CC2)CO1. The largest absolute Gasteiger partial charge is 0.447 e. The van der Waals surface area contributed by atoms with Gasteiger partial charge >= 0.3 is 6.09 Å². The van der Waals surface area contributed by atoms with Gasteiger partial charge in [0.15, 0.2) is 0 Å². The smallest absolute Gasteiger partial charge is 0.407 e. The van der Waals surface area contributed by atoms with E-state index >= 15 is 0 Å². The molecule has 146 valence electrons. The van der Waals surface area contributed by atoms with Crippen molar-refractivity contribution in [2.75, 3.05) is 42.6 Å². The highest BCUT2D eigenvalue weighted by Gasteiger charge is 2.29. The maximum atomic E-state index is 12.2. The summed E-state index contributed by atoms with van der Waals surface area (Å²) in [6, 6.07) is 9.09. The molecule has 2 aliphatic heterocycles. The number of nitrogens with one attached hydrogen (secondary N) is 2. The van der Waals surface area contributed by atoms with E-state index in [9.17, 15) is 9.59 Å². The van der Waals surface area contributed by atoms with Crippen molar-refractivity contribution in [1.82, 2.24) is 20.6 Å². The Kier molecular flexibility index (Phi) is 5.22. The molecule has 2 N–H and O–H groups in total. The first-order chi connectivity index (χ1) is 13.7. The predicted molar refractivity (Wildman–Crippen MR) is 103 cm³/mol. The van der Waals surface area contributed by atoms with Gasteiger partial charge in [-0.25, -0.2) is 14.8 Å². The normalized spacial score (nSPS) is 19.1. The predicted octanol–water partition coefficient (Wildman–Crippen LogP) is 0.528. The minimum absolute atomic E-state index is 0.0556. The summed E-state index contributed by atoms with van der Waals surface area (Å²) in [5.74, 6) is 1.59. The van der Waals surface area contributed by atoms with Crippen LogP contribution in [-0.4, -0.2) is 60.8 Å². The van der Waals surface area contributed by atoms with E-state index in [0.717, 1.165) is 43.4 Å². The summed E-state index contributed by atoms with van der Waals surface area (Å²) >= 11 is 0. The van der Waals surface area contributed by atoms with Gasteiger partial charge in [-0.1, -0.05) is 12.1 Å². The van der Waals surface area contributed by atoms with Crippen LogP contribution < -0.4 is 20.4 Å². The van der Waals surface area contributed by atoms with E-state index in [-0.39, 0.29) is 12.5 Å². The second-order valence-electron chi connectivity index (χ2n) is 6.66. The number of carbonyl (C=O) groups excluding carboxylic acids is 2. The molecule has 0 radical (unpaired) electrons. The summed E-state index contributed by atoms with van der Waals surface area (Å²) in [5.41, 5.74) is 0.937.